The molecule has 0 N–H and O–H groups in total. The quantitative estimate of drug-likeness (QED) is 0.380. The van der Waals surface area contributed by atoms with Gasteiger partial charge >= 0.3 is 0 Å². The molecule has 0 bridgehead atoms. The minimum atomic E-state index is -0.0279. The van der Waals surface area contributed by atoms with Crippen LogP contribution in [0.5, 0.6) is 0 Å². The van der Waals surface area contributed by atoms with Crippen LogP contribution >= 0.6 is 0 Å². The summed E-state index contributed by atoms with van der Waals surface area (Å²) in [5.41, 5.74) is 3.38. The summed E-state index contributed by atoms with van der Waals surface area (Å²) in [5.74, 6) is 0.621. The molecule has 3 nitrogen and oxygen atoms in total. The Bertz CT molecular complexity index is 1100. The van der Waals surface area contributed by atoms with E-state index in [0.29, 0.717) is 11.4 Å². The standard InChI is InChI=1S/C23H16N2O/c26-22(18-9-2-1-3-10-18)15-14-17-8-4-6-12-20(17)23-24-16-19-11-5-7-13-21(19)25-23/h1-16H. The molecular formula is C23H16N2O. The van der Waals surface area contributed by atoms with Crippen LogP contribution in [0.4, 0.5) is 0 Å². The van der Waals surface area contributed by atoms with Crippen LogP contribution in [0.2, 0.25) is 0 Å². The van der Waals surface area contributed by atoms with Gasteiger partial charge in [-0.1, -0.05) is 78.9 Å². The predicted molar refractivity (Wildman–Crippen MR) is 105 cm³/mol. The van der Waals surface area contributed by atoms with Gasteiger partial charge in [0.1, 0.15) is 0 Å². The van der Waals surface area contributed by atoms with Crippen molar-refractivity contribution in [1.82, 2.24) is 9.97 Å². The second-order valence-corrected chi connectivity index (χ2v) is 5.90. The second-order valence-electron chi connectivity index (χ2n) is 5.90. The van der Waals surface area contributed by atoms with Crippen LogP contribution in [0.25, 0.3) is 28.4 Å². The Morgan fingerprint density at radius 1 is 0.808 bits per heavy atom. The first-order valence-electron chi connectivity index (χ1n) is 8.40. The Morgan fingerprint density at radius 3 is 2.42 bits per heavy atom. The molecular weight excluding hydrogens is 320 g/mol. The molecule has 124 valence electrons. The summed E-state index contributed by atoms with van der Waals surface area (Å²) < 4.78 is 0. The first-order valence-corrected chi connectivity index (χ1v) is 8.40. The number of rotatable bonds is 4. The molecule has 0 saturated heterocycles. The smallest absolute Gasteiger partial charge is 0.185 e. The monoisotopic (exact) mass is 336 g/mol. The van der Waals surface area contributed by atoms with E-state index in [9.17, 15) is 4.79 Å². The molecule has 0 fully saturated rings. The number of fused-ring (bicyclic) bond motifs is 1. The maximum Gasteiger partial charge on any atom is 0.185 e. The van der Waals surface area contributed by atoms with Gasteiger partial charge in [-0.25, -0.2) is 9.97 Å². The Balaban J connectivity index is 1.70. The second kappa shape index (κ2) is 7.11. The summed E-state index contributed by atoms with van der Waals surface area (Å²) in [7, 11) is 0. The van der Waals surface area contributed by atoms with Crippen molar-refractivity contribution in [3.63, 3.8) is 0 Å². The van der Waals surface area contributed by atoms with E-state index >= 15 is 0 Å². The lowest BCUT2D eigenvalue weighted by molar-refractivity contribution is 0.104. The van der Waals surface area contributed by atoms with E-state index in [1.165, 1.54) is 0 Å². The zero-order valence-electron chi connectivity index (χ0n) is 14.0. The van der Waals surface area contributed by atoms with Gasteiger partial charge in [-0.15, -0.1) is 0 Å². The number of ketones is 1. The number of allylic oxidation sites excluding steroid dienone is 1. The first-order chi connectivity index (χ1) is 12.8. The van der Waals surface area contributed by atoms with Gasteiger partial charge in [-0.05, 0) is 17.7 Å². The molecule has 4 rings (SSSR count). The Labute approximate surface area is 151 Å². The molecule has 0 saturated carbocycles. The third-order valence-electron chi connectivity index (χ3n) is 4.16. The van der Waals surface area contributed by atoms with Crippen LogP contribution in [0, 0.1) is 0 Å². The van der Waals surface area contributed by atoms with E-state index in [0.717, 1.165) is 22.0 Å². The SMILES string of the molecule is O=C(C=Cc1ccccc1-c1ncc2ccccc2n1)c1ccccc1. The molecule has 1 aromatic heterocycles. The van der Waals surface area contributed by atoms with E-state index in [4.69, 9.17) is 0 Å². The highest BCUT2D eigenvalue weighted by Gasteiger charge is 2.07. The minimum Gasteiger partial charge on any atom is -0.289 e. The van der Waals surface area contributed by atoms with Crippen molar-refractivity contribution in [2.24, 2.45) is 0 Å². The summed E-state index contributed by atoms with van der Waals surface area (Å²) in [6.45, 7) is 0. The molecule has 1 heterocycles. The Kier molecular flexibility index (Phi) is 4.35. The molecule has 0 atom stereocenters. The first kappa shape index (κ1) is 15.9. The third-order valence-corrected chi connectivity index (χ3v) is 4.16. The highest BCUT2D eigenvalue weighted by Crippen LogP contribution is 2.23. The van der Waals surface area contributed by atoms with Gasteiger partial charge < -0.3 is 0 Å². The molecule has 0 unspecified atom stereocenters. The number of para-hydroxylation sites is 1. The van der Waals surface area contributed by atoms with Gasteiger partial charge in [0.15, 0.2) is 11.6 Å². The fourth-order valence-electron chi connectivity index (χ4n) is 2.81. The molecule has 0 aliphatic heterocycles. The lowest BCUT2D eigenvalue weighted by atomic mass is 10.0. The lowest BCUT2D eigenvalue weighted by Crippen LogP contribution is -1.94. The molecule has 0 aliphatic carbocycles. The highest BCUT2D eigenvalue weighted by atomic mass is 16.1. The van der Waals surface area contributed by atoms with Gasteiger partial charge in [0.05, 0.1) is 5.52 Å². The fourth-order valence-corrected chi connectivity index (χ4v) is 2.81. The van der Waals surface area contributed by atoms with Gasteiger partial charge in [0, 0.05) is 22.7 Å². The van der Waals surface area contributed by atoms with Crippen molar-refractivity contribution in [1.29, 1.82) is 0 Å². The van der Waals surface area contributed by atoms with Gasteiger partial charge in [-0.2, -0.15) is 0 Å². The Morgan fingerprint density at radius 2 is 1.54 bits per heavy atom. The summed E-state index contributed by atoms with van der Waals surface area (Å²) in [4.78, 5) is 21.5. The van der Waals surface area contributed by atoms with Crippen molar-refractivity contribution in [3.05, 3.63) is 102 Å². The number of nitrogens with zero attached hydrogens (tertiary/aromatic N) is 2. The summed E-state index contributed by atoms with van der Waals surface area (Å²) >= 11 is 0. The lowest BCUT2D eigenvalue weighted by Gasteiger charge is -2.06. The number of hydrogen-bond donors (Lipinski definition) is 0. The maximum absolute atomic E-state index is 12.3. The molecule has 4 aromatic rings. The van der Waals surface area contributed by atoms with Gasteiger partial charge in [0.25, 0.3) is 0 Å². The number of benzene rings is 3. The van der Waals surface area contributed by atoms with Gasteiger partial charge in [-0.3, -0.25) is 4.79 Å². The average Bonchev–Trinajstić information content (AvgIpc) is 2.72. The van der Waals surface area contributed by atoms with Crippen molar-refractivity contribution in [3.8, 4) is 11.4 Å². The van der Waals surface area contributed by atoms with Crippen LogP contribution in [-0.4, -0.2) is 15.8 Å². The van der Waals surface area contributed by atoms with Crippen LogP contribution in [0.1, 0.15) is 15.9 Å². The van der Waals surface area contributed by atoms with Crippen molar-refractivity contribution >= 4 is 22.8 Å². The molecule has 3 heteroatoms. The maximum atomic E-state index is 12.3. The minimum absolute atomic E-state index is 0.0279. The topological polar surface area (TPSA) is 42.9 Å². The fraction of sp³-hybridized carbons (Fsp3) is 0. The third kappa shape index (κ3) is 3.28. The number of carbonyl (C=O) groups excluding carboxylic acids is 1. The normalized spacial score (nSPS) is 11.1. The van der Waals surface area contributed by atoms with E-state index < -0.39 is 0 Å². The zero-order valence-corrected chi connectivity index (χ0v) is 14.0. The average molecular weight is 336 g/mol. The molecule has 0 radical (unpaired) electrons. The van der Waals surface area contributed by atoms with Crippen LogP contribution < -0.4 is 0 Å². The summed E-state index contributed by atoms with van der Waals surface area (Å²) in [5, 5.41) is 1.00. The highest BCUT2D eigenvalue weighted by molar-refractivity contribution is 6.07. The zero-order chi connectivity index (χ0) is 17.8. The van der Waals surface area contributed by atoms with Crippen LogP contribution in [-0.2, 0) is 0 Å². The van der Waals surface area contributed by atoms with E-state index in [1.807, 2.05) is 91.1 Å². The van der Waals surface area contributed by atoms with Crippen molar-refractivity contribution in [2.45, 2.75) is 0 Å². The summed E-state index contributed by atoms with van der Waals surface area (Å²) in [6, 6.07) is 24.9. The van der Waals surface area contributed by atoms with Crippen molar-refractivity contribution < 1.29 is 4.79 Å². The molecule has 3 aromatic carbocycles. The van der Waals surface area contributed by atoms with E-state index in [-0.39, 0.29) is 5.78 Å². The van der Waals surface area contributed by atoms with Crippen LogP contribution in [0.15, 0.2) is 91.1 Å². The largest absolute Gasteiger partial charge is 0.289 e. The number of carbonyl (C=O) groups is 1. The number of hydrogen-bond acceptors (Lipinski definition) is 3. The Hall–Kier alpha value is -3.59. The predicted octanol–water partition coefficient (Wildman–Crippen LogP) is 5.19. The van der Waals surface area contributed by atoms with E-state index in [2.05, 4.69) is 9.97 Å². The van der Waals surface area contributed by atoms with Crippen LogP contribution in [0.3, 0.4) is 0 Å². The molecule has 0 spiro atoms. The number of aromatic nitrogens is 2. The molecule has 0 amide bonds. The molecule has 0 aliphatic rings. The van der Waals surface area contributed by atoms with Gasteiger partial charge in [0.2, 0.25) is 0 Å². The van der Waals surface area contributed by atoms with Crippen molar-refractivity contribution in [2.75, 3.05) is 0 Å². The van der Waals surface area contributed by atoms with E-state index in [1.54, 1.807) is 6.08 Å². The summed E-state index contributed by atoms with van der Waals surface area (Å²) in [6.07, 6.45) is 5.24. The molecule has 26 heavy (non-hydrogen) atoms.